The number of sulfonamides is 1. The van der Waals surface area contributed by atoms with Gasteiger partial charge in [0.25, 0.3) is 0 Å². The van der Waals surface area contributed by atoms with Gasteiger partial charge in [0.15, 0.2) is 0 Å². The first-order valence-electron chi connectivity index (χ1n) is 10.9. The summed E-state index contributed by atoms with van der Waals surface area (Å²) >= 11 is 0. The minimum atomic E-state index is -3.61. The van der Waals surface area contributed by atoms with Crippen molar-refractivity contribution in [2.75, 3.05) is 12.8 Å². The van der Waals surface area contributed by atoms with Gasteiger partial charge in [0, 0.05) is 31.7 Å². The van der Waals surface area contributed by atoms with E-state index in [-0.39, 0.29) is 23.8 Å². The molecule has 0 fully saturated rings. The molecule has 3 aromatic rings. The second-order valence-electron chi connectivity index (χ2n) is 8.04. The van der Waals surface area contributed by atoms with Gasteiger partial charge in [0.1, 0.15) is 11.8 Å². The number of hydrogen-bond acceptors (Lipinski definition) is 5. The molecule has 0 spiro atoms. The van der Waals surface area contributed by atoms with Gasteiger partial charge < -0.3 is 14.6 Å². The van der Waals surface area contributed by atoms with E-state index < -0.39 is 16.1 Å². The summed E-state index contributed by atoms with van der Waals surface area (Å²) in [5.74, 6) is -0.231. The standard InChI is InChI=1S/C24H30N4O4S/c1-3-4-15-33(31,32)26-23(16-19-7-11-22(29)12-8-19)24(30)27(2)17-20-5-9-21(10-6-20)28-14-13-25-18-28/h5-14,18,23,26,29H,3-4,15-17H2,1-2H3/t23-/m0/s1. The first-order valence-corrected chi connectivity index (χ1v) is 12.5. The predicted octanol–water partition coefficient (Wildman–Crippen LogP) is 2.87. The van der Waals surface area contributed by atoms with Crippen molar-refractivity contribution in [1.29, 1.82) is 0 Å². The number of aromatic nitrogens is 2. The average molecular weight is 471 g/mol. The summed E-state index contributed by atoms with van der Waals surface area (Å²) in [7, 11) is -1.95. The highest BCUT2D eigenvalue weighted by molar-refractivity contribution is 7.89. The number of amides is 1. The molecule has 0 bridgehead atoms. The second-order valence-corrected chi connectivity index (χ2v) is 9.92. The summed E-state index contributed by atoms with van der Waals surface area (Å²) in [5, 5.41) is 9.52. The van der Waals surface area contributed by atoms with Crippen LogP contribution in [0.2, 0.25) is 0 Å². The Hall–Kier alpha value is -3.17. The SMILES string of the molecule is CCCCS(=O)(=O)N[C@@H](Cc1ccc(O)cc1)C(=O)N(C)Cc1ccc(-n2ccnc2)cc1. The number of nitrogens with zero attached hydrogens (tertiary/aromatic N) is 3. The summed E-state index contributed by atoms with van der Waals surface area (Å²) in [6.45, 7) is 2.26. The van der Waals surface area contributed by atoms with Crippen LogP contribution in [-0.2, 0) is 27.8 Å². The lowest BCUT2D eigenvalue weighted by molar-refractivity contribution is -0.132. The lowest BCUT2D eigenvalue weighted by atomic mass is 10.1. The first-order chi connectivity index (χ1) is 15.8. The molecule has 0 saturated heterocycles. The van der Waals surface area contributed by atoms with Gasteiger partial charge in [-0.1, -0.05) is 37.6 Å². The summed E-state index contributed by atoms with van der Waals surface area (Å²) in [4.78, 5) is 18.8. The van der Waals surface area contributed by atoms with Crippen molar-refractivity contribution in [2.24, 2.45) is 0 Å². The number of carbonyl (C=O) groups excluding carboxylic acids is 1. The van der Waals surface area contributed by atoms with E-state index in [2.05, 4.69) is 9.71 Å². The van der Waals surface area contributed by atoms with Crippen LogP contribution in [0, 0.1) is 0 Å². The van der Waals surface area contributed by atoms with Crippen molar-refractivity contribution in [3.05, 3.63) is 78.4 Å². The highest BCUT2D eigenvalue weighted by Crippen LogP contribution is 2.15. The molecular formula is C24H30N4O4S. The Morgan fingerprint density at radius 3 is 2.39 bits per heavy atom. The third kappa shape index (κ3) is 7.16. The van der Waals surface area contributed by atoms with Crippen molar-refractivity contribution in [1.82, 2.24) is 19.2 Å². The number of benzene rings is 2. The molecule has 0 saturated carbocycles. The molecule has 0 radical (unpaired) electrons. The van der Waals surface area contributed by atoms with Crippen LogP contribution in [0.25, 0.3) is 5.69 Å². The normalized spacial score (nSPS) is 12.4. The smallest absolute Gasteiger partial charge is 0.241 e. The van der Waals surface area contributed by atoms with Crippen LogP contribution in [-0.4, -0.2) is 52.7 Å². The fourth-order valence-electron chi connectivity index (χ4n) is 3.46. The summed E-state index contributed by atoms with van der Waals surface area (Å²) in [6, 6.07) is 13.2. The molecule has 0 aliphatic heterocycles. The van der Waals surface area contributed by atoms with Gasteiger partial charge >= 0.3 is 0 Å². The van der Waals surface area contributed by atoms with E-state index in [0.29, 0.717) is 13.0 Å². The zero-order chi connectivity index (χ0) is 23.8. The Kier molecular flexibility index (Phi) is 8.24. The van der Waals surface area contributed by atoms with Crippen LogP contribution < -0.4 is 4.72 Å². The quantitative estimate of drug-likeness (QED) is 0.448. The summed E-state index contributed by atoms with van der Waals surface area (Å²) in [6.07, 6.45) is 6.72. The third-order valence-electron chi connectivity index (χ3n) is 5.30. The molecule has 0 aliphatic carbocycles. The maximum Gasteiger partial charge on any atom is 0.241 e. The predicted molar refractivity (Wildman–Crippen MR) is 127 cm³/mol. The van der Waals surface area contributed by atoms with Crippen molar-refractivity contribution in [3.63, 3.8) is 0 Å². The van der Waals surface area contributed by atoms with E-state index in [1.54, 1.807) is 31.7 Å². The Morgan fingerprint density at radius 1 is 1.12 bits per heavy atom. The largest absolute Gasteiger partial charge is 0.508 e. The molecule has 8 nitrogen and oxygen atoms in total. The number of aromatic hydroxyl groups is 1. The third-order valence-corrected chi connectivity index (χ3v) is 6.77. The lowest BCUT2D eigenvalue weighted by Gasteiger charge is -2.25. The number of phenolic OH excluding ortho intramolecular Hbond substituents is 1. The molecule has 2 N–H and O–H groups in total. The van der Waals surface area contributed by atoms with Crippen LogP contribution in [0.1, 0.15) is 30.9 Å². The Morgan fingerprint density at radius 2 is 1.79 bits per heavy atom. The Labute approximate surface area is 194 Å². The molecule has 1 amide bonds. The van der Waals surface area contributed by atoms with Crippen LogP contribution in [0.3, 0.4) is 0 Å². The molecule has 2 aromatic carbocycles. The lowest BCUT2D eigenvalue weighted by Crippen LogP contribution is -2.48. The Bertz CT molecular complexity index is 1130. The van der Waals surface area contributed by atoms with Gasteiger partial charge in [-0.3, -0.25) is 4.79 Å². The molecule has 3 rings (SSSR count). The maximum absolute atomic E-state index is 13.3. The van der Waals surface area contributed by atoms with Gasteiger partial charge in [-0.2, -0.15) is 0 Å². The molecular weight excluding hydrogens is 440 g/mol. The molecule has 1 heterocycles. The molecule has 33 heavy (non-hydrogen) atoms. The molecule has 0 unspecified atom stereocenters. The maximum atomic E-state index is 13.3. The first kappa shape index (κ1) is 24.5. The van der Waals surface area contributed by atoms with Gasteiger partial charge in [-0.15, -0.1) is 0 Å². The zero-order valence-corrected chi connectivity index (χ0v) is 19.7. The fraction of sp³-hybridized carbons (Fsp3) is 0.333. The Balaban J connectivity index is 1.73. The average Bonchev–Trinajstić information content (AvgIpc) is 3.33. The van der Waals surface area contributed by atoms with Gasteiger partial charge in [-0.05, 0) is 48.2 Å². The number of carbonyl (C=O) groups is 1. The number of unbranched alkanes of at least 4 members (excludes halogenated alkanes) is 1. The van der Waals surface area contributed by atoms with E-state index in [9.17, 15) is 18.3 Å². The molecule has 9 heteroatoms. The number of nitrogens with one attached hydrogen (secondary N) is 1. The van der Waals surface area contributed by atoms with Crippen LogP contribution in [0.4, 0.5) is 0 Å². The van der Waals surface area contributed by atoms with Crippen molar-refractivity contribution >= 4 is 15.9 Å². The monoisotopic (exact) mass is 470 g/mol. The number of hydrogen-bond donors (Lipinski definition) is 2. The second kappa shape index (κ2) is 11.1. The molecule has 0 aliphatic rings. The molecule has 1 atom stereocenters. The molecule has 1 aromatic heterocycles. The minimum Gasteiger partial charge on any atom is -0.508 e. The van der Waals surface area contributed by atoms with Crippen molar-refractivity contribution < 1.29 is 18.3 Å². The van der Waals surface area contributed by atoms with Crippen molar-refractivity contribution in [3.8, 4) is 11.4 Å². The minimum absolute atomic E-state index is 0.0255. The summed E-state index contributed by atoms with van der Waals surface area (Å²) < 4.78 is 29.6. The highest BCUT2D eigenvalue weighted by atomic mass is 32.2. The van der Waals surface area contributed by atoms with Crippen LogP contribution in [0.15, 0.2) is 67.3 Å². The number of phenols is 1. The topological polar surface area (TPSA) is 105 Å². The van der Waals surface area contributed by atoms with E-state index in [4.69, 9.17) is 0 Å². The van der Waals surface area contributed by atoms with Crippen molar-refractivity contribution in [2.45, 2.75) is 38.8 Å². The molecule has 176 valence electrons. The van der Waals surface area contributed by atoms with Gasteiger partial charge in [-0.25, -0.2) is 18.1 Å². The van der Waals surface area contributed by atoms with E-state index in [1.165, 1.54) is 17.0 Å². The summed E-state index contributed by atoms with van der Waals surface area (Å²) in [5.41, 5.74) is 2.63. The number of imidazole rings is 1. The van der Waals surface area contributed by atoms with Crippen LogP contribution in [0.5, 0.6) is 5.75 Å². The van der Waals surface area contributed by atoms with E-state index >= 15 is 0 Å². The van der Waals surface area contributed by atoms with Gasteiger partial charge in [0.05, 0.1) is 12.1 Å². The zero-order valence-electron chi connectivity index (χ0n) is 18.9. The van der Waals surface area contributed by atoms with E-state index in [1.807, 2.05) is 42.0 Å². The number of rotatable bonds is 11. The fourth-order valence-corrected chi connectivity index (χ4v) is 4.86. The van der Waals surface area contributed by atoms with Crippen LogP contribution >= 0.6 is 0 Å². The number of likely N-dealkylation sites (N-methyl/N-ethyl adjacent to an activating group) is 1. The highest BCUT2D eigenvalue weighted by Gasteiger charge is 2.27. The van der Waals surface area contributed by atoms with Gasteiger partial charge in [0.2, 0.25) is 15.9 Å². The van der Waals surface area contributed by atoms with E-state index in [0.717, 1.165) is 23.2 Å².